The van der Waals surface area contributed by atoms with Crippen LogP contribution in [0.25, 0.3) is 0 Å². The first-order valence-electron chi connectivity index (χ1n) is 3.49. The minimum absolute atomic E-state index is 0.322. The van der Waals surface area contributed by atoms with Gasteiger partial charge in [0.05, 0.1) is 11.4 Å². The maximum absolute atomic E-state index is 8.63. The summed E-state index contributed by atoms with van der Waals surface area (Å²) in [7, 11) is 0. The van der Waals surface area contributed by atoms with Gasteiger partial charge in [-0.1, -0.05) is 30.0 Å². The van der Waals surface area contributed by atoms with Crippen LogP contribution in [0.5, 0.6) is 5.75 Å². The molecule has 0 aliphatic carbocycles. The average molecular weight is 182 g/mol. The van der Waals surface area contributed by atoms with E-state index in [4.69, 9.17) is 5.11 Å². The second-order valence-corrected chi connectivity index (χ2v) is 2.87. The number of nitrogens with zero attached hydrogens (tertiary/aromatic N) is 1. The van der Waals surface area contributed by atoms with E-state index in [1.54, 1.807) is 41.6 Å². The van der Waals surface area contributed by atoms with E-state index in [1.165, 1.54) is 0 Å². The molecule has 0 radical (unpaired) electrons. The van der Waals surface area contributed by atoms with E-state index in [1.807, 2.05) is 6.07 Å². The summed E-state index contributed by atoms with van der Waals surface area (Å²) in [4.78, 5) is 0. The topological polar surface area (TPSA) is 44.6 Å². The van der Waals surface area contributed by atoms with Gasteiger partial charge in [0.1, 0.15) is 5.75 Å². The second-order valence-electron chi connectivity index (χ2n) is 2.04. The molecule has 1 aromatic rings. The molecule has 0 bridgehead atoms. The van der Waals surface area contributed by atoms with Gasteiger partial charge in [0.2, 0.25) is 0 Å². The van der Waals surface area contributed by atoms with Crippen molar-refractivity contribution < 1.29 is 5.11 Å². The number of rotatable bonds is 0. The highest BCUT2D eigenvalue weighted by atomic mass is 32.2. The van der Waals surface area contributed by atoms with Crippen LogP contribution in [0.15, 0.2) is 35.4 Å². The fourth-order valence-electron chi connectivity index (χ4n) is 0.614. The quantitative estimate of drug-likeness (QED) is 0.640. The molecule has 0 saturated heterocycles. The van der Waals surface area contributed by atoms with E-state index < -0.39 is 0 Å². The maximum atomic E-state index is 8.63. The molecule has 0 atom stereocenters. The van der Waals surface area contributed by atoms with Gasteiger partial charge < -0.3 is 5.11 Å². The number of hydrogen-bond donors (Lipinski definition) is 2. The Hall–Kier alpha value is -1.16. The standard InChI is InChI=1S/C6H6O.C2H4N2S/c7-6-4-2-1-3-5-6;1-3-4-2-5-1/h1-5,7H;1,4H,2H2. The molecule has 1 aliphatic rings. The highest BCUT2D eigenvalue weighted by Gasteiger charge is 1.83. The number of aromatic hydroxyl groups is 1. The zero-order valence-corrected chi connectivity index (χ0v) is 7.29. The Morgan fingerprint density at radius 1 is 1.33 bits per heavy atom. The fourth-order valence-corrected chi connectivity index (χ4v) is 0.987. The Labute approximate surface area is 75.5 Å². The Morgan fingerprint density at radius 3 is 2.33 bits per heavy atom. The van der Waals surface area contributed by atoms with Crippen LogP contribution in [-0.4, -0.2) is 16.5 Å². The SMILES string of the molecule is C1=NNCS1.Oc1ccccc1. The number of hydrazone groups is 1. The maximum Gasteiger partial charge on any atom is 0.115 e. The Morgan fingerprint density at radius 2 is 2.08 bits per heavy atom. The third-order valence-corrected chi connectivity index (χ3v) is 1.67. The molecule has 0 aromatic heterocycles. The minimum atomic E-state index is 0.322. The monoisotopic (exact) mass is 182 g/mol. The molecular weight excluding hydrogens is 172 g/mol. The van der Waals surface area contributed by atoms with Gasteiger partial charge in [0.25, 0.3) is 0 Å². The zero-order valence-electron chi connectivity index (χ0n) is 6.47. The Kier molecular flexibility index (Phi) is 4.08. The summed E-state index contributed by atoms with van der Waals surface area (Å²) in [6, 6.07) is 8.71. The van der Waals surface area contributed by atoms with Gasteiger partial charge >= 0.3 is 0 Å². The van der Waals surface area contributed by atoms with Crippen molar-refractivity contribution in [2.75, 3.05) is 5.88 Å². The molecule has 12 heavy (non-hydrogen) atoms. The van der Waals surface area contributed by atoms with Crippen LogP contribution < -0.4 is 5.43 Å². The Bertz CT molecular complexity index is 232. The normalized spacial score (nSPS) is 13.0. The number of nitrogens with one attached hydrogen (secondary N) is 1. The molecule has 2 N–H and O–H groups in total. The molecule has 0 spiro atoms. The lowest BCUT2D eigenvalue weighted by atomic mass is 10.3. The highest BCUT2D eigenvalue weighted by molar-refractivity contribution is 8.12. The van der Waals surface area contributed by atoms with E-state index in [0.29, 0.717) is 5.75 Å². The van der Waals surface area contributed by atoms with Gasteiger partial charge in [-0.05, 0) is 12.1 Å². The summed E-state index contributed by atoms with van der Waals surface area (Å²) in [5.41, 5.74) is 4.55. The first-order valence-corrected chi connectivity index (χ1v) is 4.54. The fraction of sp³-hybridized carbons (Fsp3) is 0.125. The van der Waals surface area contributed by atoms with E-state index in [0.717, 1.165) is 5.88 Å². The summed E-state index contributed by atoms with van der Waals surface area (Å²) in [5.74, 6) is 1.27. The predicted octanol–water partition coefficient (Wildman–Crippen LogP) is 1.62. The molecule has 3 nitrogen and oxygen atoms in total. The van der Waals surface area contributed by atoms with Crippen molar-refractivity contribution in [2.45, 2.75) is 0 Å². The van der Waals surface area contributed by atoms with Crippen molar-refractivity contribution in [2.24, 2.45) is 5.10 Å². The molecule has 1 aliphatic heterocycles. The summed E-state index contributed by atoms with van der Waals surface area (Å²) in [6.45, 7) is 0. The van der Waals surface area contributed by atoms with Crippen LogP contribution in [0.1, 0.15) is 0 Å². The van der Waals surface area contributed by atoms with Gasteiger partial charge in [-0.15, -0.1) is 0 Å². The smallest absolute Gasteiger partial charge is 0.115 e. The Balaban J connectivity index is 0.000000127. The number of phenols is 1. The van der Waals surface area contributed by atoms with Crippen LogP contribution in [-0.2, 0) is 0 Å². The summed E-state index contributed by atoms with van der Waals surface area (Å²) in [6.07, 6.45) is 0. The van der Waals surface area contributed by atoms with Gasteiger partial charge in [-0.25, -0.2) is 0 Å². The van der Waals surface area contributed by atoms with Crippen LogP contribution in [0.4, 0.5) is 0 Å². The van der Waals surface area contributed by atoms with Crippen LogP contribution in [0.2, 0.25) is 0 Å². The number of para-hydroxylation sites is 1. The number of phenolic OH excluding ortho intramolecular Hbond substituents is 1. The minimum Gasteiger partial charge on any atom is -0.508 e. The molecule has 0 amide bonds. The molecule has 1 aromatic carbocycles. The van der Waals surface area contributed by atoms with Crippen molar-refractivity contribution in [1.82, 2.24) is 5.43 Å². The number of hydrogen-bond acceptors (Lipinski definition) is 4. The van der Waals surface area contributed by atoms with Crippen molar-refractivity contribution in [1.29, 1.82) is 0 Å². The number of benzene rings is 1. The van der Waals surface area contributed by atoms with Gasteiger partial charge in [-0.3, -0.25) is 5.43 Å². The largest absolute Gasteiger partial charge is 0.508 e. The lowest BCUT2D eigenvalue weighted by Crippen LogP contribution is -1.93. The van der Waals surface area contributed by atoms with Crippen molar-refractivity contribution in [3.63, 3.8) is 0 Å². The summed E-state index contributed by atoms with van der Waals surface area (Å²) >= 11 is 1.67. The lowest BCUT2D eigenvalue weighted by molar-refractivity contribution is 0.475. The first kappa shape index (κ1) is 8.93. The third kappa shape index (κ3) is 3.88. The van der Waals surface area contributed by atoms with E-state index in [9.17, 15) is 0 Å². The number of thioether (sulfide) groups is 1. The van der Waals surface area contributed by atoms with Crippen molar-refractivity contribution in [3.05, 3.63) is 30.3 Å². The predicted molar refractivity (Wildman–Crippen MR) is 52.2 cm³/mol. The molecule has 2 rings (SSSR count). The molecule has 0 saturated carbocycles. The lowest BCUT2D eigenvalue weighted by Gasteiger charge is -1.82. The molecular formula is C8H10N2OS. The summed E-state index contributed by atoms with van der Waals surface area (Å²) in [5, 5.41) is 12.3. The highest BCUT2D eigenvalue weighted by Crippen LogP contribution is 2.02. The molecule has 0 unspecified atom stereocenters. The molecule has 4 heteroatoms. The third-order valence-electron chi connectivity index (χ3n) is 1.12. The summed E-state index contributed by atoms with van der Waals surface area (Å²) < 4.78 is 0. The molecule has 1 heterocycles. The van der Waals surface area contributed by atoms with Crippen molar-refractivity contribution >= 4 is 17.3 Å². The van der Waals surface area contributed by atoms with Crippen LogP contribution in [0, 0.1) is 0 Å². The van der Waals surface area contributed by atoms with E-state index in [-0.39, 0.29) is 0 Å². The first-order chi connectivity index (χ1) is 5.89. The van der Waals surface area contributed by atoms with Crippen LogP contribution in [0.3, 0.4) is 0 Å². The van der Waals surface area contributed by atoms with Crippen molar-refractivity contribution in [3.8, 4) is 5.75 Å². The second kappa shape index (κ2) is 5.49. The van der Waals surface area contributed by atoms with Crippen LogP contribution >= 0.6 is 11.8 Å². The zero-order chi connectivity index (χ0) is 8.65. The molecule has 0 fully saturated rings. The van der Waals surface area contributed by atoms with Gasteiger partial charge in [-0.2, -0.15) is 5.10 Å². The van der Waals surface area contributed by atoms with E-state index in [2.05, 4.69) is 10.5 Å². The average Bonchev–Trinajstić information content (AvgIpc) is 2.62. The van der Waals surface area contributed by atoms with E-state index >= 15 is 0 Å². The molecule has 64 valence electrons. The van der Waals surface area contributed by atoms with Gasteiger partial charge in [0, 0.05) is 0 Å². The van der Waals surface area contributed by atoms with Gasteiger partial charge in [0.15, 0.2) is 0 Å².